The van der Waals surface area contributed by atoms with Crippen LogP contribution in [0.25, 0.3) is 33.2 Å². The fourth-order valence-electron chi connectivity index (χ4n) is 4.50. The molecule has 0 unspecified atom stereocenters. The van der Waals surface area contributed by atoms with Gasteiger partial charge >= 0.3 is 0 Å². The lowest BCUT2D eigenvalue weighted by atomic mass is 10.1. The molecule has 2 aromatic heterocycles. The van der Waals surface area contributed by atoms with E-state index in [9.17, 15) is 13.2 Å². The highest BCUT2D eigenvalue weighted by Crippen LogP contribution is 2.34. The van der Waals surface area contributed by atoms with Gasteiger partial charge in [-0.25, -0.2) is 22.4 Å². The second kappa shape index (κ2) is 8.31. The molecule has 0 bridgehead atoms. The largest absolute Gasteiger partial charge is 0.378 e. The Bertz CT molecular complexity index is 1550. The summed E-state index contributed by atoms with van der Waals surface area (Å²) in [6.45, 7) is 2.64. The smallest absolute Gasteiger partial charge is 0.236 e. The SMILES string of the molecule is CS(=O)(=O)n1ccc2c3nc(-c4ccc(NC(=O)C5CC5)cc4)nc(N4CCOCC4)c3ccc21. The molecule has 1 amide bonds. The van der Waals surface area contributed by atoms with Crippen molar-refractivity contribution < 1.29 is 17.9 Å². The van der Waals surface area contributed by atoms with Crippen LogP contribution in [0.5, 0.6) is 0 Å². The van der Waals surface area contributed by atoms with Crippen molar-refractivity contribution in [3.05, 3.63) is 48.7 Å². The number of rotatable bonds is 5. The van der Waals surface area contributed by atoms with Crippen LogP contribution in [0.4, 0.5) is 11.5 Å². The molecule has 2 aliphatic rings. The van der Waals surface area contributed by atoms with Crippen LogP contribution in [-0.4, -0.2) is 60.8 Å². The van der Waals surface area contributed by atoms with Crippen LogP contribution in [0.2, 0.25) is 0 Å². The molecule has 0 radical (unpaired) electrons. The Labute approximate surface area is 202 Å². The Balaban J connectivity index is 1.48. The molecule has 1 saturated heterocycles. The number of carbonyl (C=O) groups excluding carboxylic acids is 1. The number of morpholine rings is 1. The molecule has 0 atom stereocenters. The number of amides is 1. The highest BCUT2D eigenvalue weighted by molar-refractivity contribution is 7.89. The Kier molecular flexibility index (Phi) is 5.23. The van der Waals surface area contributed by atoms with E-state index in [1.807, 2.05) is 36.4 Å². The maximum absolute atomic E-state index is 12.3. The second-order valence-corrected chi connectivity index (χ2v) is 10.9. The lowest BCUT2D eigenvalue weighted by Crippen LogP contribution is -2.37. The van der Waals surface area contributed by atoms with Crippen molar-refractivity contribution >= 4 is 49.2 Å². The summed E-state index contributed by atoms with van der Waals surface area (Å²) in [5.41, 5.74) is 2.83. The van der Waals surface area contributed by atoms with Gasteiger partial charge in [0.05, 0.1) is 30.5 Å². The van der Waals surface area contributed by atoms with Crippen molar-refractivity contribution in [2.24, 2.45) is 5.92 Å². The van der Waals surface area contributed by atoms with E-state index in [4.69, 9.17) is 14.7 Å². The van der Waals surface area contributed by atoms with Crippen LogP contribution in [0.15, 0.2) is 48.7 Å². The standard InChI is InChI=1S/C25H25N5O4S/c1-35(32,33)30-11-10-19-21(30)9-8-20-22(19)27-23(28-24(20)29-12-14-34-15-13-29)16-4-6-18(7-5-16)26-25(31)17-2-3-17/h4-11,17H,2-3,12-15H2,1H3,(H,26,31). The van der Waals surface area contributed by atoms with E-state index in [0.29, 0.717) is 43.2 Å². The van der Waals surface area contributed by atoms with Crippen LogP contribution in [-0.2, 0) is 19.6 Å². The molecule has 10 heteroatoms. The molecular formula is C25H25N5O4S. The highest BCUT2D eigenvalue weighted by Gasteiger charge is 2.29. The number of benzene rings is 2. The summed E-state index contributed by atoms with van der Waals surface area (Å²) in [7, 11) is -3.45. The fourth-order valence-corrected chi connectivity index (χ4v) is 5.29. The normalized spacial score (nSPS) is 16.7. The zero-order valence-electron chi connectivity index (χ0n) is 19.3. The zero-order valence-corrected chi connectivity index (χ0v) is 20.1. The predicted molar refractivity (Wildman–Crippen MR) is 135 cm³/mol. The van der Waals surface area contributed by atoms with E-state index < -0.39 is 10.0 Å². The number of fused-ring (bicyclic) bond motifs is 3. The molecule has 3 heterocycles. The van der Waals surface area contributed by atoms with Gasteiger partial charge in [-0.1, -0.05) is 0 Å². The van der Waals surface area contributed by atoms with E-state index in [2.05, 4.69) is 10.2 Å². The minimum absolute atomic E-state index is 0.0621. The average molecular weight is 492 g/mol. The van der Waals surface area contributed by atoms with Gasteiger partial charge in [0.1, 0.15) is 5.82 Å². The van der Waals surface area contributed by atoms with Gasteiger partial charge in [0.15, 0.2) is 5.82 Å². The monoisotopic (exact) mass is 491 g/mol. The van der Waals surface area contributed by atoms with Gasteiger partial charge in [0.2, 0.25) is 15.9 Å². The average Bonchev–Trinajstić information content (AvgIpc) is 3.61. The summed E-state index contributed by atoms with van der Waals surface area (Å²) in [4.78, 5) is 24.1. The first-order chi connectivity index (χ1) is 16.9. The molecule has 9 nitrogen and oxygen atoms in total. The summed E-state index contributed by atoms with van der Waals surface area (Å²) in [5, 5.41) is 4.57. The lowest BCUT2D eigenvalue weighted by molar-refractivity contribution is -0.117. The lowest BCUT2D eigenvalue weighted by Gasteiger charge is -2.29. The van der Waals surface area contributed by atoms with Crippen molar-refractivity contribution in [3.63, 3.8) is 0 Å². The molecule has 1 N–H and O–H groups in total. The van der Waals surface area contributed by atoms with Gasteiger partial charge in [-0.05, 0) is 55.3 Å². The number of carbonyl (C=O) groups is 1. The van der Waals surface area contributed by atoms with Crippen LogP contribution in [0, 0.1) is 5.92 Å². The zero-order chi connectivity index (χ0) is 24.2. The molecule has 1 aliphatic carbocycles. The first kappa shape index (κ1) is 22.0. The van der Waals surface area contributed by atoms with Crippen molar-refractivity contribution in [1.82, 2.24) is 13.9 Å². The molecule has 1 saturated carbocycles. The van der Waals surface area contributed by atoms with E-state index in [1.54, 1.807) is 12.3 Å². The number of aromatic nitrogens is 3. The van der Waals surface area contributed by atoms with Gasteiger partial charge in [-0.2, -0.15) is 0 Å². The summed E-state index contributed by atoms with van der Waals surface area (Å²) in [5.74, 6) is 1.54. The van der Waals surface area contributed by atoms with Crippen LogP contribution < -0.4 is 10.2 Å². The Morgan fingerprint density at radius 3 is 2.43 bits per heavy atom. The van der Waals surface area contributed by atoms with Gasteiger partial charge in [0, 0.05) is 47.2 Å². The van der Waals surface area contributed by atoms with E-state index >= 15 is 0 Å². The third kappa shape index (κ3) is 4.12. The first-order valence-electron chi connectivity index (χ1n) is 11.6. The molecular weight excluding hydrogens is 466 g/mol. The third-order valence-electron chi connectivity index (χ3n) is 6.51. The number of nitrogens with one attached hydrogen (secondary N) is 1. The minimum Gasteiger partial charge on any atom is -0.378 e. The first-order valence-corrected chi connectivity index (χ1v) is 13.5. The molecule has 180 valence electrons. The van der Waals surface area contributed by atoms with Crippen LogP contribution in [0.3, 0.4) is 0 Å². The number of anilines is 2. The number of hydrogen-bond acceptors (Lipinski definition) is 7. The molecule has 2 fully saturated rings. The third-order valence-corrected chi connectivity index (χ3v) is 7.54. The second-order valence-electron chi connectivity index (χ2n) is 9.08. The quantitative estimate of drug-likeness (QED) is 0.457. The van der Waals surface area contributed by atoms with Crippen molar-refractivity contribution in [3.8, 4) is 11.4 Å². The highest BCUT2D eigenvalue weighted by atomic mass is 32.2. The van der Waals surface area contributed by atoms with Gasteiger partial charge in [-0.3, -0.25) is 4.79 Å². The Hall–Kier alpha value is -3.50. The number of ether oxygens (including phenoxy) is 1. The molecule has 35 heavy (non-hydrogen) atoms. The molecule has 4 aromatic rings. The summed E-state index contributed by atoms with van der Waals surface area (Å²) < 4.78 is 31.4. The fraction of sp³-hybridized carbons (Fsp3) is 0.320. The van der Waals surface area contributed by atoms with Gasteiger partial charge in [0.25, 0.3) is 0 Å². The number of hydrogen-bond donors (Lipinski definition) is 1. The maximum Gasteiger partial charge on any atom is 0.236 e. The predicted octanol–water partition coefficient (Wildman–Crippen LogP) is 3.24. The molecule has 6 rings (SSSR count). The van der Waals surface area contributed by atoms with Gasteiger partial charge < -0.3 is 15.0 Å². The van der Waals surface area contributed by atoms with Crippen molar-refractivity contribution in [1.29, 1.82) is 0 Å². The van der Waals surface area contributed by atoms with E-state index in [-0.39, 0.29) is 11.8 Å². The Morgan fingerprint density at radius 2 is 1.74 bits per heavy atom. The maximum atomic E-state index is 12.3. The topological polar surface area (TPSA) is 106 Å². The van der Waals surface area contributed by atoms with Crippen LogP contribution in [0.1, 0.15) is 12.8 Å². The van der Waals surface area contributed by atoms with E-state index in [0.717, 1.165) is 40.7 Å². The molecule has 2 aromatic carbocycles. The summed E-state index contributed by atoms with van der Waals surface area (Å²) in [6.07, 6.45) is 4.65. The molecule has 0 spiro atoms. The van der Waals surface area contributed by atoms with Gasteiger partial charge in [-0.15, -0.1) is 0 Å². The van der Waals surface area contributed by atoms with Crippen molar-refractivity contribution in [2.45, 2.75) is 12.8 Å². The summed E-state index contributed by atoms with van der Waals surface area (Å²) in [6, 6.07) is 13.0. The Morgan fingerprint density at radius 1 is 1.00 bits per heavy atom. The molecule has 1 aliphatic heterocycles. The van der Waals surface area contributed by atoms with Crippen molar-refractivity contribution in [2.75, 3.05) is 42.8 Å². The number of nitrogens with zero attached hydrogens (tertiary/aromatic N) is 4. The van der Waals surface area contributed by atoms with E-state index in [1.165, 1.54) is 10.2 Å². The minimum atomic E-state index is -3.45. The summed E-state index contributed by atoms with van der Waals surface area (Å²) >= 11 is 0. The van der Waals surface area contributed by atoms with Crippen LogP contribution >= 0.6 is 0 Å².